The first-order valence-electron chi connectivity index (χ1n) is 12.1. The van der Waals surface area contributed by atoms with Gasteiger partial charge in [-0.05, 0) is 43.8 Å². The maximum absolute atomic E-state index is 12.4. The van der Waals surface area contributed by atoms with Gasteiger partial charge in [0.25, 0.3) is 0 Å². The van der Waals surface area contributed by atoms with Crippen LogP contribution in [0.25, 0.3) is 22.2 Å². The number of fused-ring (bicyclic) bond motifs is 1. The Balaban J connectivity index is 1.49. The number of likely N-dealkylation sites (N-methyl/N-ethyl adjacent to an activating group) is 1. The number of hydrogen-bond acceptors (Lipinski definition) is 7. The minimum atomic E-state index is -0.235. The number of aliphatic hydroxyl groups excluding tert-OH is 1. The highest BCUT2D eigenvalue weighted by atomic mass is 16.5. The molecule has 0 spiro atoms. The fourth-order valence-electron chi connectivity index (χ4n) is 4.07. The quantitative estimate of drug-likeness (QED) is 0.265. The number of aryl methyl sites for hydroxylation is 1. The first kappa shape index (κ1) is 25.9. The van der Waals surface area contributed by atoms with Crippen LogP contribution >= 0.6 is 0 Å². The van der Waals surface area contributed by atoms with Crippen molar-refractivity contribution in [3.05, 3.63) is 73.1 Å². The number of aliphatic hydroxyl groups is 1. The number of amides is 1. The van der Waals surface area contributed by atoms with E-state index in [1.54, 1.807) is 37.6 Å². The van der Waals surface area contributed by atoms with E-state index < -0.39 is 0 Å². The Morgan fingerprint density at radius 1 is 1.22 bits per heavy atom. The lowest BCUT2D eigenvalue weighted by Crippen LogP contribution is -2.20. The number of nitrogens with zero attached hydrogens (tertiary/aromatic N) is 4. The molecule has 0 aliphatic rings. The third-order valence-electron chi connectivity index (χ3n) is 5.93. The Labute approximate surface area is 216 Å². The van der Waals surface area contributed by atoms with Gasteiger partial charge in [0.2, 0.25) is 11.9 Å². The molecule has 2 aromatic heterocycles. The molecule has 4 aromatic rings. The summed E-state index contributed by atoms with van der Waals surface area (Å²) in [6.07, 6.45) is 7.77. The van der Waals surface area contributed by atoms with Crippen LogP contribution in [0.4, 0.5) is 17.3 Å². The molecule has 0 aliphatic heterocycles. The number of nitrogens with one attached hydrogen (secondary N) is 2. The van der Waals surface area contributed by atoms with Crippen LogP contribution in [0.15, 0.2) is 73.1 Å². The topological polar surface area (TPSA) is 105 Å². The van der Waals surface area contributed by atoms with E-state index in [1.807, 2.05) is 37.2 Å². The second-order valence-corrected chi connectivity index (χ2v) is 8.71. The zero-order valence-corrected chi connectivity index (χ0v) is 21.3. The van der Waals surface area contributed by atoms with Crippen molar-refractivity contribution in [3.63, 3.8) is 0 Å². The largest absolute Gasteiger partial charge is 0.495 e. The van der Waals surface area contributed by atoms with Gasteiger partial charge in [0.15, 0.2) is 0 Å². The number of carbonyl (C=O) groups excluding carboxylic acids is 1. The molecule has 9 heteroatoms. The van der Waals surface area contributed by atoms with Crippen LogP contribution in [0.5, 0.6) is 5.75 Å². The SMILES string of the molecule is COc1ccc(NC(=O)/C=C/CN(C)CCCO)cc1Nc1nccc(-c2cn(C)c3ccccc23)n1. The average Bonchev–Trinajstić information content (AvgIpc) is 3.24. The number of aromatic nitrogens is 3. The van der Waals surface area contributed by atoms with Crippen LogP contribution in [-0.2, 0) is 11.8 Å². The fraction of sp³-hybridized carbons (Fsp3) is 0.250. The summed E-state index contributed by atoms with van der Waals surface area (Å²) in [5, 5.41) is 16.1. The average molecular weight is 501 g/mol. The van der Waals surface area contributed by atoms with Gasteiger partial charge >= 0.3 is 0 Å². The van der Waals surface area contributed by atoms with Gasteiger partial charge in [-0.3, -0.25) is 4.79 Å². The highest BCUT2D eigenvalue weighted by Crippen LogP contribution is 2.32. The van der Waals surface area contributed by atoms with Crippen molar-refractivity contribution in [2.24, 2.45) is 7.05 Å². The lowest BCUT2D eigenvalue weighted by molar-refractivity contribution is -0.111. The molecule has 192 valence electrons. The number of rotatable bonds is 11. The molecule has 2 aromatic carbocycles. The zero-order valence-electron chi connectivity index (χ0n) is 21.3. The molecule has 0 aliphatic carbocycles. The van der Waals surface area contributed by atoms with Crippen molar-refractivity contribution >= 4 is 34.1 Å². The third-order valence-corrected chi connectivity index (χ3v) is 5.93. The van der Waals surface area contributed by atoms with Crippen molar-refractivity contribution in [1.29, 1.82) is 0 Å². The highest BCUT2D eigenvalue weighted by molar-refractivity contribution is 6.00. The lowest BCUT2D eigenvalue weighted by Gasteiger charge is -2.13. The second kappa shape index (κ2) is 12.2. The molecular weight excluding hydrogens is 468 g/mol. The summed E-state index contributed by atoms with van der Waals surface area (Å²) in [6, 6.07) is 15.4. The van der Waals surface area contributed by atoms with E-state index in [0.29, 0.717) is 36.0 Å². The maximum Gasteiger partial charge on any atom is 0.248 e. The van der Waals surface area contributed by atoms with Crippen LogP contribution < -0.4 is 15.4 Å². The summed E-state index contributed by atoms with van der Waals surface area (Å²) in [5.41, 5.74) is 4.18. The first-order valence-corrected chi connectivity index (χ1v) is 12.1. The molecule has 9 nitrogen and oxygen atoms in total. The molecule has 2 heterocycles. The molecular formula is C28H32N6O3. The molecule has 3 N–H and O–H groups in total. The predicted molar refractivity (Wildman–Crippen MR) is 147 cm³/mol. The number of methoxy groups -OCH3 is 1. The summed E-state index contributed by atoms with van der Waals surface area (Å²) in [4.78, 5) is 23.6. The molecule has 0 atom stereocenters. The normalized spacial score (nSPS) is 11.4. The Kier molecular flexibility index (Phi) is 8.50. The monoisotopic (exact) mass is 500 g/mol. The zero-order chi connectivity index (χ0) is 26.2. The molecule has 1 amide bonds. The van der Waals surface area contributed by atoms with Crippen molar-refractivity contribution in [1.82, 2.24) is 19.4 Å². The van der Waals surface area contributed by atoms with Crippen LogP contribution in [0.3, 0.4) is 0 Å². The summed E-state index contributed by atoms with van der Waals surface area (Å²) >= 11 is 0. The number of anilines is 3. The number of hydrogen-bond donors (Lipinski definition) is 3. The van der Waals surface area contributed by atoms with E-state index in [2.05, 4.69) is 38.5 Å². The molecule has 4 rings (SSSR count). The van der Waals surface area contributed by atoms with Gasteiger partial charge in [-0.1, -0.05) is 24.3 Å². The highest BCUT2D eigenvalue weighted by Gasteiger charge is 2.12. The van der Waals surface area contributed by atoms with Crippen LogP contribution in [0, 0.1) is 0 Å². The van der Waals surface area contributed by atoms with E-state index >= 15 is 0 Å². The van der Waals surface area contributed by atoms with Gasteiger partial charge in [-0.2, -0.15) is 0 Å². The van der Waals surface area contributed by atoms with Crippen LogP contribution in [0.1, 0.15) is 6.42 Å². The van der Waals surface area contributed by atoms with E-state index in [4.69, 9.17) is 14.8 Å². The van der Waals surface area contributed by atoms with Crippen molar-refractivity contribution in [2.75, 3.05) is 44.5 Å². The van der Waals surface area contributed by atoms with Gasteiger partial charge < -0.3 is 29.9 Å². The molecule has 0 saturated heterocycles. The standard InChI is InChI=1S/C28H32N6O3/c1-33(16-7-17-35)15-6-10-27(36)30-20-11-12-26(37-3)24(18-20)32-28-29-14-13-23(31-28)22-19-34(2)25-9-5-4-8-21(22)25/h4-6,8-14,18-19,35H,7,15-17H2,1-3H3,(H,30,36)(H,29,31,32)/b10-6+. The van der Waals surface area contributed by atoms with E-state index in [-0.39, 0.29) is 12.5 Å². The molecule has 0 radical (unpaired) electrons. The minimum absolute atomic E-state index is 0.154. The summed E-state index contributed by atoms with van der Waals surface area (Å²) in [7, 11) is 5.54. The van der Waals surface area contributed by atoms with E-state index in [0.717, 1.165) is 28.7 Å². The number of ether oxygens (including phenoxy) is 1. The Morgan fingerprint density at radius 2 is 2.05 bits per heavy atom. The van der Waals surface area contributed by atoms with Crippen molar-refractivity contribution in [2.45, 2.75) is 6.42 Å². The van der Waals surface area contributed by atoms with Crippen LogP contribution in [-0.4, -0.2) is 64.3 Å². The maximum atomic E-state index is 12.4. The molecule has 0 fully saturated rings. The molecule has 0 bridgehead atoms. The number of carbonyl (C=O) groups is 1. The van der Waals surface area contributed by atoms with Gasteiger partial charge in [0, 0.05) is 67.4 Å². The third kappa shape index (κ3) is 6.52. The Bertz CT molecular complexity index is 1400. The van der Waals surface area contributed by atoms with Gasteiger partial charge in [-0.15, -0.1) is 0 Å². The summed E-state index contributed by atoms with van der Waals surface area (Å²) in [6.45, 7) is 1.54. The van der Waals surface area contributed by atoms with E-state index in [1.165, 1.54) is 6.08 Å². The molecule has 37 heavy (non-hydrogen) atoms. The summed E-state index contributed by atoms with van der Waals surface area (Å²) in [5.74, 6) is 0.775. The smallest absolute Gasteiger partial charge is 0.248 e. The van der Waals surface area contributed by atoms with Crippen LogP contribution in [0.2, 0.25) is 0 Å². The Hall–Kier alpha value is -4.21. The minimum Gasteiger partial charge on any atom is -0.495 e. The van der Waals surface area contributed by atoms with Gasteiger partial charge in [0.1, 0.15) is 5.75 Å². The second-order valence-electron chi connectivity index (χ2n) is 8.71. The van der Waals surface area contributed by atoms with Gasteiger partial charge in [-0.25, -0.2) is 9.97 Å². The predicted octanol–water partition coefficient (Wildman–Crippen LogP) is 4.20. The number of para-hydroxylation sites is 1. The fourth-order valence-corrected chi connectivity index (χ4v) is 4.07. The molecule has 0 saturated carbocycles. The Morgan fingerprint density at radius 3 is 2.86 bits per heavy atom. The van der Waals surface area contributed by atoms with Gasteiger partial charge in [0.05, 0.1) is 18.5 Å². The summed E-state index contributed by atoms with van der Waals surface area (Å²) < 4.78 is 7.59. The molecule has 0 unspecified atom stereocenters. The lowest BCUT2D eigenvalue weighted by atomic mass is 10.1. The van der Waals surface area contributed by atoms with Crippen molar-refractivity contribution < 1.29 is 14.6 Å². The van der Waals surface area contributed by atoms with Crippen molar-refractivity contribution in [3.8, 4) is 17.0 Å². The number of benzene rings is 2. The first-order chi connectivity index (χ1) is 18.0. The van der Waals surface area contributed by atoms with E-state index in [9.17, 15) is 4.79 Å².